The van der Waals surface area contributed by atoms with Gasteiger partial charge in [0.25, 0.3) is 11.8 Å². The van der Waals surface area contributed by atoms with E-state index in [0.29, 0.717) is 5.75 Å². The van der Waals surface area contributed by atoms with Crippen LogP contribution in [0.2, 0.25) is 0 Å². The van der Waals surface area contributed by atoms with E-state index < -0.39 is 47.7 Å². The molecule has 2 aliphatic rings. The van der Waals surface area contributed by atoms with Gasteiger partial charge < -0.3 is 30.1 Å². The second-order valence-corrected chi connectivity index (χ2v) is 9.21. The largest absolute Gasteiger partial charge is 0.511 e. The van der Waals surface area contributed by atoms with Crippen molar-refractivity contribution < 1.29 is 38.2 Å². The number of thioether (sulfide) groups is 1. The molecule has 1 aromatic rings. The molecule has 3 N–H and O–H groups in total. The van der Waals surface area contributed by atoms with Gasteiger partial charge in [0, 0.05) is 18.1 Å². The standard InChI is InChI=1S/C19H23N5O8S2/c1-8(2)30-19(28)32-9(3)31-17(27)11-5-6-33-16-13(15(26)24(11)16)22-14(25)12(23-29-4)10-7-34-18(20)21-10/h5,7-9,13,16H,6H2,1-4H3,(H2,20,21)(H,22,25)/b23-12-/t9?,13?,16-/m1/s1. The number of β-lactam (4-membered cyclic amide) rings is 1. The first kappa shape index (κ1) is 25.3. The predicted molar refractivity (Wildman–Crippen MR) is 121 cm³/mol. The summed E-state index contributed by atoms with van der Waals surface area (Å²) < 4.78 is 14.8. The zero-order valence-electron chi connectivity index (χ0n) is 18.7. The van der Waals surface area contributed by atoms with E-state index in [0.717, 1.165) is 11.3 Å². The Hall–Kier alpha value is -3.33. The summed E-state index contributed by atoms with van der Waals surface area (Å²) in [5, 5.41) is 7.52. The van der Waals surface area contributed by atoms with Crippen molar-refractivity contribution in [3.63, 3.8) is 0 Å². The number of anilines is 1. The van der Waals surface area contributed by atoms with Crippen LogP contribution in [0.3, 0.4) is 0 Å². The highest BCUT2D eigenvalue weighted by Crippen LogP contribution is 2.38. The lowest BCUT2D eigenvalue weighted by atomic mass is 10.0. The monoisotopic (exact) mass is 513 g/mol. The highest BCUT2D eigenvalue weighted by Gasteiger charge is 2.53. The Bertz CT molecular complexity index is 1040. The smallest absolute Gasteiger partial charge is 0.431 e. The Labute approximate surface area is 202 Å². The number of nitrogens with one attached hydrogen (secondary N) is 1. The minimum Gasteiger partial charge on any atom is -0.431 e. The first-order valence-corrected chi connectivity index (χ1v) is 11.9. The van der Waals surface area contributed by atoms with Gasteiger partial charge in [0.05, 0.1) is 6.10 Å². The Morgan fingerprint density at radius 2 is 2.00 bits per heavy atom. The highest BCUT2D eigenvalue weighted by molar-refractivity contribution is 8.00. The van der Waals surface area contributed by atoms with Crippen molar-refractivity contribution in [1.29, 1.82) is 0 Å². The van der Waals surface area contributed by atoms with Crippen molar-refractivity contribution >= 4 is 57.9 Å². The van der Waals surface area contributed by atoms with Crippen LogP contribution in [0.4, 0.5) is 9.93 Å². The molecule has 0 saturated carbocycles. The SMILES string of the molecule is CO/N=C(\C(=O)NC1C(=O)N2C(C(=O)OC(C)OC(=O)OC(C)C)=CCS[C@H]12)c1csc(N)n1. The van der Waals surface area contributed by atoms with Crippen LogP contribution in [0, 0.1) is 0 Å². The molecule has 184 valence electrons. The molecule has 13 nitrogen and oxygen atoms in total. The van der Waals surface area contributed by atoms with Gasteiger partial charge in [0.15, 0.2) is 10.8 Å². The number of esters is 1. The number of carbonyl (C=O) groups excluding carboxylic acids is 4. The average Bonchev–Trinajstić information content (AvgIpc) is 3.19. The number of carbonyl (C=O) groups is 4. The lowest BCUT2D eigenvalue weighted by Crippen LogP contribution is -2.70. The van der Waals surface area contributed by atoms with Gasteiger partial charge in [0.1, 0.15) is 29.9 Å². The van der Waals surface area contributed by atoms with Gasteiger partial charge in [0.2, 0.25) is 6.29 Å². The number of hydrogen-bond acceptors (Lipinski definition) is 13. The van der Waals surface area contributed by atoms with E-state index >= 15 is 0 Å². The van der Waals surface area contributed by atoms with Gasteiger partial charge in [-0.15, -0.1) is 23.1 Å². The number of nitrogen functional groups attached to an aromatic ring is 1. The molecule has 0 aliphatic carbocycles. The summed E-state index contributed by atoms with van der Waals surface area (Å²) in [6.45, 7) is 4.63. The molecule has 1 fully saturated rings. The van der Waals surface area contributed by atoms with Gasteiger partial charge in [-0.25, -0.2) is 14.6 Å². The molecule has 3 atom stereocenters. The topological polar surface area (TPSA) is 172 Å². The molecule has 15 heteroatoms. The third-order valence-electron chi connectivity index (χ3n) is 4.37. The quantitative estimate of drug-likeness (QED) is 0.166. The van der Waals surface area contributed by atoms with Crippen LogP contribution in [0.1, 0.15) is 26.5 Å². The maximum absolute atomic E-state index is 12.8. The van der Waals surface area contributed by atoms with E-state index in [1.165, 1.54) is 42.2 Å². The molecule has 0 aromatic carbocycles. The number of rotatable bonds is 8. The minimum atomic E-state index is -1.24. The summed E-state index contributed by atoms with van der Waals surface area (Å²) in [6, 6.07) is -0.915. The fourth-order valence-electron chi connectivity index (χ4n) is 3.02. The lowest BCUT2D eigenvalue weighted by Gasteiger charge is -2.48. The fourth-order valence-corrected chi connectivity index (χ4v) is 4.76. The van der Waals surface area contributed by atoms with E-state index in [1.54, 1.807) is 13.8 Å². The molecule has 0 bridgehead atoms. The van der Waals surface area contributed by atoms with Crippen molar-refractivity contribution in [3.8, 4) is 0 Å². The highest BCUT2D eigenvalue weighted by atomic mass is 32.2. The number of hydrogen-bond donors (Lipinski definition) is 2. The number of nitrogens with two attached hydrogens (primary N) is 1. The van der Waals surface area contributed by atoms with Crippen molar-refractivity contribution in [2.45, 2.75) is 44.6 Å². The summed E-state index contributed by atoms with van der Waals surface area (Å²) in [7, 11) is 1.27. The maximum Gasteiger partial charge on any atom is 0.511 e. The number of nitrogens with zero attached hydrogens (tertiary/aromatic N) is 3. The molecule has 0 spiro atoms. The minimum absolute atomic E-state index is 0.00928. The second kappa shape index (κ2) is 10.7. The van der Waals surface area contributed by atoms with Gasteiger partial charge in [-0.05, 0) is 19.9 Å². The zero-order valence-corrected chi connectivity index (χ0v) is 20.3. The van der Waals surface area contributed by atoms with Crippen LogP contribution in [-0.2, 0) is 33.4 Å². The van der Waals surface area contributed by atoms with Crippen LogP contribution >= 0.6 is 23.1 Å². The summed E-state index contributed by atoms with van der Waals surface area (Å²) in [5.41, 5.74) is 5.67. The molecule has 0 radical (unpaired) electrons. The number of amides is 2. The summed E-state index contributed by atoms with van der Waals surface area (Å²) in [6.07, 6.45) is -1.10. The number of ether oxygens (including phenoxy) is 3. The van der Waals surface area contributed by atoms with Gasteiger partial charge in [-0.2, -0.15) is 0 Å². The number of thiazole rings is 1. The van der Waals surface area contributed by atoms with E-state index in [1.807, 2.05) is 0 Å². The van der Waals surface area contributed by atoms with E-state index in [4.69, 9.17) is 24.8 Å². The summed E-state index contributed by atoms with van der Waals surface area (Å²) in [5.74, 6) is -1.67. The maximum atomic E-state index is 12.8. The Morgan fingerprint density at radius 3 is 2.62 bits per heavy atom. The molecular weight excluding hydrogens is 490 g/mol. The molecule has 3 heterocycles. The summed E-state index contributed by atoms with van der Waals surface area (Å²) >= 11 is 2.47. The van der Waals surface area contributed by atoms with Crippen LogP contribution < -0.4 is 11.1 Å². The lowest BCUT2D eigenvalue weighted by molar-refractivity contribution is -0.169. The molecule has 2 aliphatic heterocycles. The van der Waals surface area contributed by atoms with E-state index in [2.05, 4.69) is 15.5 Å². The Balaban J connectivity index is 1.62. The molecule has 1 saturated heterocycles. The first-order valence-electron chi connectivity index (χ1n) is 9.98. The number of oxime groups is 1. The molecule has 1 aromatic heterocycles. The molecule has 2 amide bonds. The van der Waals surface area contributed by atoms with Crippen molar-refractivity contribution in [2.75, 3.05) is 18.6 Å². The number of aromatic nitrogens is 1. The van der Waals surface area contributed by atoms with Crippen LogP contribution in [0.15, 0.2) is 22.3 Å². The number of fused-ring (bicyclic) bond motifs is 1. The van der Waals surface area contributed by atoms with Gasteiger partial charge >= 0.3 is 12.1 Å². The van der Waals surface area contributed by atoms with Gasteiger partial charge in [-0.3, -0.25) is 14.5 Å². The Morgan fingerprint density at radius 1 is 1.26 bits per heavy atom. The molecular formula is C19H23N5O8S2. The van der Waals surface area contributed by atoms with E-state index in [-0.39, 0.29) is 22.2 Å². The normalized spacial score (nSPS) is 20.5. The predicted octanol–water partition coefficient (Wildman–Crippen LogP) is 0.810. The van der Waals surface area contributed by atoms with Crippen LogP contribution in [-0.4, -0.2) is 76.2 Å². The molecule has 2 unspecified atom stereocenters. The van der Waals surface area contributed by atoms with Crippen LogP contribution in [0.5, 0.6) is 0 Å². The molecule has 3 rings (SSSR count). The van der Waals surface area contributed by atoms with Gasteiger partial charge in [-0.1, -0.05) is 5.16 Å². The first-order chi connectivity index (χ1) is 16.1. The Kier molecular flexibility index (Phi) is 7.98. The van der Waals surface area contributed by atoms with Crippen molar-refractivity contribution in [3.05, 3.63) is 22.8 Å². The third kappa shape index (κ3) is 5.59. The second-order valence-electron chi connectivity index (χ2n) is 7.17. The summed E-state index contributed by atoms with van der Waals surface area (Å²) in [4.78, 5) is 59.7. The van der Waals surface area contributed by atoms with Crippen molar-refractivity contribution in [1.82, 2.24) is 15.2 Å². The zero-order chi connectivity index (χ0) is 25.0. The fraction of sp³-hybridized carbons (Fsp3) is 0.474. The average molecular weight is 514 g/mol. The van der Waals surface area contributed by atoms with Crippen LogP contribution in [0.25, 0.3) is 0 Å². The third-order valence-corrected chi connectivity index (χ3v) is 6.23. The van der Waals surface area contributed by atoms with E-state index in [9.17, 15) is 19.2 Å². The van der Waals surface area contributed by atoms with Crippen molar-refractivity contribution in [2.24, 2.45) is 5.16 Å². The molecule has 34 heavy (non-hydrogen) atoms.